The number of carbonyl (C=O) groups excluding carboxylic acids is 1. The van der Waals surface area contributed by atoms with Gasteiger partial charge in [0.2, 0.25) is 5.91 Å². The third-order valence-corrected chi connectivity index (χ3v) is 2.95. The van der Waals surface area contributed by atoms with E-state index in [1.807, 2.05) is 13.8 Å². The van der Waals surface area contributed by atoms with Gasteiger partial charge in [0.1, 0.15) is 5.92 Å². The Morgan fingerprint density at radius 3 is 2.94 bits per heavy atom. The lowest BCUT2D eigenvalue weighted by Gasteiger charge is -2.33. The van der Waals surface area contributed by atoms with Crippen molar-refractivity contribution in [2.24, 2.45) is 5.92 Å². The second-order valence-electron chi connectivity index (χ2n) is 4.09. The Kier molecular flexibility index (Phi) is 5.27. The zero-order valence-electron chi connectivity index (χ0n) is 10.1. The summed E-state index contributed by atoms with van der Waals surface area (Å²) in [6, 6.07) is 2.06. The highest BCUT2D eigenvalue weighted by molar-refractivity contribution is 5.81. The molecule has 1 saturated heterocycles. The number of likely N-dealkylation sites (tertiary alicyclic amines) is 1. The summed E-state index contributed by atoms with van der Waals surface area (Å²) >= 11 is 0. The second-order valence-corrected chi connectivity index (χ2v) is 4.09. The van der Waals surface area contributed by atoms with Crippen LogP contribution < -0.4 is 0 Å². The van der Waals surface area contributed by atoms with Crippen LogP contribution in [0.1, 0.15) is 33.1 Å². The van der Waals surface area contributed by atoms with Crippen molar-refractivity contribution in [3.8, 4) is 6.07 Å². The molecule has 0 aliphatic carbocycles. The predicted molar refractivity (Wildman–Crippen MR) is 60.6 cm³/mol. The molecule has 0 aromatic rings. The van der Waals surface area contributed by atoms with E-state index >= 15 is 0 Å². The molecule has 1 heterocycles. The molecule has 90 valence electrons. The predicted octanol–water partition coefficient (Wildman–Crippen LogP) is 1.56. The number of rotatable bonds is 4. The molecule has 0 aromatic heterocycles. The topological polar surface area (TPSA) is 53.3 Å². The lowest BCUT2D eigenvalue weighted by Crippen LogP contribution is -2.45. The molecule has 2 atom stereocenters. The van der Waals surface area contributed by atoms with E-state index in [1.54, 1.807) is 4.90 Å². The molecule has 1 aliphatic rings. The van der Waals surface area contributed by atoms with Crippen LogP contribution >= 0.6 is 0 Å². The third kappa shape index (κ3) is 3.21. The van der Waals surface area contributed by atoms with Crippen molar-refractivity contribution >= 4 is 5.91 Å². The number of ether oxygens (including phenoxy) is 1. The molecule has 0 N–H and O–H groups in total. The van der Waals surface area contributed by atoms with Crippen molar-refractivity contribution in [1.29, 1.82) is 5.26 Å². The summed E-state index contributed by atoms with van der Waals surface area (Å²) in [5.41, 5.74) is 0. The SMILES string of the molecule is CCOC1CCCN(C(=O)C(C#N)CC)C1. The van der Waals surface area contributed by atoms with Gasteiger partial charge >= 0.3 is 0 Å². The normalized spacial score (nSPS) is 22.6. The van der Waals surface area contributed by atoms with Crippen molar-refractivity contribution < 1.29 is 9.53 Å². The van der Waals surface area contributed by atoms with Gasteiger partial charge in [0.15, 0.2) is 0 Å². The Balaban J connectivity index is 2.53. The lowest BCUT2D eigenvalue weighted by molar-refractivity contribution is -0.137. The number of nitriles is 1. The minimum Gasteiger partial charge on any atom is -0.377 e. The van der Waals surface area contributed by atoms with E-state index in [-0.39, 0.29) is 12.0 Å². The van der Waals surface area contributed by atoms with Crippen LogP contribution in [0.4, 0.5) is 0 Å². The summed E-state index contributed by atoms with van der Waals surface area (Å²) < 4.78 is 5.53. The largest absolute Gasteiger partial charge is 0.377 e. The molecule has 0 bridgehead atoms. The highest BCUT2D eigenvalue weighted by Crippen LogP contribution is 2.16. The Morgan fingerprint density at radius 2 is 2.38 bits per heavy atom. The van der Waals surface area contributed by atoms with Crippen molar-refractivity contribution in [2.75, 3.05) is 19.7 Å². The Morgan fingerprint density at radius 1 is 1.62 bits per heavy atom. The van der Waals surface area contributed by atoms with Gasteiger partial charge in [0, 0.05) is 19.7 Å². The maximum absolute atomic E-state index is 12.0. The number of nitrogens with zero attached hydrogens (tertiary/aromatic N) is 2. The van der Waals surface area contributed by atoms with Crippen LogP contribution in [-0.2, 0) is 9.53 Å². The summed E-state index contributed by atoms with van der Waals surface area (Å²) in [4.78, 5) is 13.7. The first-order chi connectivity index (χ1) is 7.72. The standard InChI is InChI=1S/C12H20N2O2/c1-3-10(8-13)12(15)14-7-5-6-11(9-14)16-4-2/h10-11H,3-7,9H2,1-2H3. The lowest BCUT2D eigenvalue weighted by atomic mass is 10.0. The van der Waals surface area contributed by atoms with E-state index in [1.165, 1.54) is 0 Å². The van der Waals surface area contributed by atoms with Crippen molar-refractivity contribution in [1.82, 2.24) is 4.90 Å². The average Bonchev–Trinajstić information content (AvgIpc) is 2.31. The fourth-order valence-electron chi connectivity index (χ4n) is 2.05. The van der Waals surface area contributed by atoms with Crippen LogP contribution in [0.2, 0.25) is 0 Å². The molecule has 1 rings (SSSR count). The van der Waals surface area contributed by atoms with Crippen molar-refractivity contribution in [3.05, 3.63) is 0 Å². The highest BCUT2D eigenvalue weighted by atomic mass is 16.5. The summed E-state index contributed by atoms with van der Waals surface area (Å²) in [7, 11) is 0. The van der Waals surface area contributed by atoms with Gasteiger partial charge in [-0.15, -0.1) is 0 Å². The zero-order valence-corrected chi connectivity index (χ0v) is 10.1. The van der Waals surface area contributed by atoms with Crippen LogP contribution in [0.3, 0.4) is 0 Å². The quantitative estimate of drug-likeness (QED) is 0.728. The molecule has 16 heavy (non-hydrogen) atoms. The van der Waals surface area contributed by atoms with Crippen LogP contribution in [0.25, 0.3) is 0 Å². The monoisotopic (exact) mass is 224 g/mol. The number of hydrogen-bond donors (Lipinski definition) is 0. The van der Waals surface area contributed by atoms with Gasteiger partial charge in [0.25, 0.3) is 0 Å². The van der Waals surface area contributed by atoms with E-state index in [2.05, 4.69) is 6.07 Å². The molecule has 0 spiro atoms. The maximum Gasteiger partial charge on any atom is 0.240 e. The molecule has 0 radical (unpaired) electrons. The van der Waals surface area contributed by atoms with Gasteiger partial charge in [-0.3, -0.25) is 4.79 Å². The smallest absolute Gasteiger partial charge is 0.240 e. The van der Waals surface area contributed by atoms with Gasteiger partial charge in [-0.1, -0.05) is 6.92 Å². The van der Waals surface area contributed by atoms with Gasteiger partial charge in [0.05, 0.1) is 12.2 Å². The van der Waals surface area contributed by atoms with E-state index in [0.717, 1.165) is 19.4 Å². The number of amides is 1. The van der Waals surface area contributed by atoms with E-state index in [4.69, 9.17) is 10.00 Å². The third-order valence-electron chi connectivity index (χ3n) is 2.95. The van der Waals surface area contributed by atoms with Crippen molar-refractivity contribution in [3.63, 3.8) is 0 Å². The van der Waals surface area contributed by atoms with Crippen LogP contribution in [0.15, 0.2) is 0 Å². The van der Waals surface area contributed by atoms with Gasteiger partial charge in [-0.05, 0) is 26.2 Å². The zero-order chi connectivity index (χ0) is 12.0. The molecular formula is C12H20N2O2. The van der Waals surface area contributed by atoms with E-state index < -0.39 is 5.92 Å². The Bertz CT molecular complexity index is 271. The molecule has 0 aromatic carbocycles. The average molecular weight is 224 g/mol. The summed E-state index contributed by atoms with van der Waals surface area (Å²) in [6.07, 6.45) is 2.73. The molecule has 4 heteroatoms. The number of hydrogen-bond acceptors (Lipinski definition) is 3. The molecule has 1 fully saturated rings. The fraction of sp³-hybridized carbons (Fsp3) is 0.833. The van der Waals surface area contributed by atoms with Crippen LogP contribution in [-0.4, -0.2) is 36.6 Å². The van der Waals surface area contributed by atoms with E-state index in [9.17, 15) is 4.79 Å². The maximum atomic E-state index is 12.0. The number of carbonyl (C=O) groups is 1. The molecule has 2 unspecified atom stereocenters. The van der Waals surface area contributed by atoms with E-state index in [0.29, 0.717) is 19.6 Å². The number of piperidine rings is 1. The van der Waals surface area contributed by atoms with Gasteiger partial charge < -0.3 is 9.64 Å². The Hall–Kier alpha value is -1.08. The fourth-order valence-corrected chi connectivity index (χ4v) is 2.05. The van der Waals surface area contributed by atoms with Gasteiger partial charge in [-0.2, -0.15) is 5.26 Å². The first-order valence-corrected chi connectivity index (χ1v) is 6.02. The summed E-state index contributed by atoms with van der Waals surface area (Å²) in [5, 5.41) is 8.87. The summed E-state index contributed by atoms with van der Waals surface area (Å²) in [5.74, 6) is -0.519. The summed E-state index contributed by atoms with van der Waals surface area (Å²) in [6.45, 7) is 5.92. The molecular weight excluding hydrogens is 204 g/mol. The van der Waals surface area contributed by atoms with Gasteiger partial charge in [-0.25, -0.2) is 0 Å². The van der Waals surface area contributed by atoms with Crippen LogP contribution in [0, 0.1) is 17.2 Å². The highest BCUT2D eigenvalue weighted by Gasteiger charge is 2.28. The molecule has 4 nitrogen and oxygen atoms in total. The molecule has 1 amide bonds. The first kappa shape index (κ1) is 13.0. The molecule has 1 aliphatic heterocycles. The minimum absolute atomic E-state index is 0.0330. The molecule has 0 saturated carbocycles. The second kappa shape index (κ2) is 6.49. The first-order valence-electron chi connectivity index (χ1n) is 6.02. The minimum atomic E-state index is -0.486. The van der Waals surface area contributed by atoms with Crippen LogP contribution in [0.5, 0.6) is 0 Å². The Labute approximate surface area is 97.2 Å². The van der Waals surface area contributed by atoms with Crippen molar-refractivity contribution in [2.45, 2.75) is 39.2 Å².